The fourth-order valence-corrected chi connectivity index (χ4v) is 2.56. The second-order valence-corrected chi connectivity index (χ2v) is 5.39. The van der Waals surface area contributed by atoms with Crippen molar-refractivity contribution in [1.29, 1.82) is 0 Å². The molecule has 0 spiro atoms. The van der Waals surface area contributed by atoms with Crippen LogP contribution >= 0.6 is 11.6 Å². The van der Waals surface area contributed by atoms with Gasteiger partial charge >= 0.3 is 0 Å². The molecule has 1 heterocycles. The van der Waals surface area contributed by atoms with Gasteiger partial charge in [0.25, 0.3) is 0 Å². The largest absolute Gasteiger partial charge is 0.495 e. The Morgan fingerprint density at radius 3 is 3.05 bits per heavy atom. The molecular weight excluding hydrogens is 278 g/mol. The predicted molar refractivity (Wildman–Crippen MR) is 80.5 cm³/mol. The summed E-state index contributed by atoms with van der Waals surface area (Å²) in [5, 5.41) is 6.69. The Bertz CT molecular complexity index is 481. The lowest BCUT2D eigenvalue weighted by atomic mass is 10.2. The quantitative estimate of drug-likeness (QED) is 0.886. The highest BCUT2D eigenvalue weighted by atomic mass is 35.5. The summed E-state index contributed by atoms with van der Waals surface area (Å²) < 4.78 is 5.08. The number of halogens is 1. The fraction of sp³-hybridized carbons (Fsp3) is 0.500. The smallest absolute Gasteiger partial charge is 0.238 e. The molecule has 2 rings (SSSR count). The van der Waals surface area contributed by atoms with Gasteiger partial charge in [0.15, 0.2) is 0 Å². The monoisotopic (exact) mass is 297 g/mol. The second-order valence-electron chi connectivity index (χ2n) is 4.99. The van der Waals surface area contributed by atoms with E-state index in [0.717, 1.165) is 19.6 Å². The van der Waals surface area contributed by atoms with Gasteiger partial charge in [-0.2, -0.15) is 0 Å². The van der Waals surface area contributed by atoms with Gasteiger partial charge in [-0.25, -0.2) is 0 Å². The number of nitrogens with zero attached hydrogens (tertiary/aromatic N) is 1. The minimum absolute atomic E-state index is 0.0275. The lowest BCUT2D eigenvalue weighted by molar-refractivity contribution is -0.117. The molecule has 1 aromatic rings. The van der Waals surface area contributed by atoms with E-state index in [9.17, 15) is 4.79 Å². The zero-order valence-corrected chi connectivity index (χ0v) is 12.5. The van der Waals surface area contributed by atoms with Crippen LogP contribution in [0, 0.1) is 0 Å². The molecule has 0 aromatic heterocycles. The lowest BCUT2D eigenvalue weighted by Gasteiger charge is -2.31. The molecule has 110 valence electrons. The number of nitrogens with one attached hydrogen (secondary N) is 2. The molecular formula is C14H20ClN3O2. The normalized spacial score (nSPS) is 19.6. The first-order valence-electron chi connectivity index (χ1n) is 6.67. The Labute approximate surface area is 124 Å². The van der Waals surface area contributed by atoms with E-state index in [1.54, 1.807) is 25.3 Å². The number of benzene rings is 1. The van der Waals surface area contributed by atoms with Crippen molar-refractivity contribution in [2.24, 2.45) is 0 Å². The average molecular weight is 298 g/mol. The highest BCUT2D eigenvalue weighted by molar-refractivity contribution is 6.32. The molecule has 0 bridgehead atoms. The molecule has 0 aliphatic carbocycles. The maximum absolute atomic E-state index is 12.0. The van der Waals surface area contributed by atoms with Crippen molar-refractivity contribution < 1.29 is 9.53 Å². The second kappa shape index (κ2) is 6.92. The van der Waals surface area contributed by atoms with Crippen molar-refractivity contribution in [2.45, 2.75) is 13.0 Å². The number of anilines is 1. The van der Waals surface area contributed by atoms with Gasteiger partial charge in [0.1, 0.15) is 5.75 Å². The number of hydrogen-bond donors (Lipinski definition) is 2. The third kappa shape index (κ3) is 4.10. The molecule has 0 unspecified atom stereocenters. The van der Waals surface area contributed by atoms with Crippen molar-refractivity contribution >= 4 is 23.2 Å². The van der Waals surface area contributed by atoms with E-state index in [1.165, 1.54) is 0 Å². The number of hydrogen-bond acceptors (Lipinski definition) is 4. The van der Waals surface area contributed by atoms with Gasteiger partial charge < -0.3 is 15.4 Å². The summed E-state index contributed by atoms with van der Waals surface area (Å²) in [6.07, 6.45) is 0. The summed E-state index contributed by atoms with van der Waals surface area (Å²) in [5.74, 6) is 0.570. The Morgan fingerprint density at radius 1 is 1.60 bits per heavy atom. The molecule has 1 aliphatic heterocycles. The van der Waals surface area contributed by atoms with Gasteiger partial charge in [0, 0.05) is 31.4 Å². The molecule has 1 aromatic carbocycles. The van der Waals surface area contributed by atoms with Gasteiger partial charge in [-0.15, -0.1) is 0 Å². The summed E-state index contributed by atoms with van der Waals surface area (Å²) in [6, 6.07) is 5.64. The Morgan fingerprint density at radius 2 is 2.40 bits per heavy atom. The van der Waals surface area contributed by atoms with E-state index < -0.39 is 0 Å². The molecule has 5 nitrogen and oxygen atoms in total. The van der Waals surface area contributed by atoms with E-state index in [1.807, 2.05) is 0 Å². The third-order valence-electron chi connectivity index (χ3n) is 3.26. The van der Waals surface area contributed by atoms with Gasteiger partial charge in [-0.1, -0.05) is 11.6 Å². The summed E-state index contributed by atoms with van der Waals surface area (Å²) in [7, 11) is 1.56. The fourth-order valence-electron chi connectivity index (χ4n) is 2.30. The summed E-state index contributed by atoms with van der Waals surface area (Å²) in [5.41, 5.74) is 0.684. The molecule has 2 N–H and O–H groups in total. The number of methoxy groups -OCH3 is 1. The minimum atomic E-state index is -0.0275. The molecule has 1 fully saturated rings. The van der Waals surface area contributed by atoms with Crippen LogP contribution in [0.5, 0.6) is 5.75 Å². The molecule has 1 amide bonds. The molecule has 20 heavy (non-hydrogen) atoms. The highest BCUT2D eigenvalue weighted by Crippen LogP contribution is 2.27. The number of ether oxygens (including phenoxy) is 1. The van der Waals surface area contributed by atoms with Crippen LogP contribution in [0.4, 0.5) is 5.69 Å². The zero-order valence-electron chi connectivity index (χ0n) is 11.8. The Hall–Kier alpha value is -1.30. The summed E-state index contributed by atoms with van der Waals surface area (Å²) in [6.45, 7) is 5.21. The molecule has 1 saturated heterocycles. The Balaban J connectivity index is 1.89. The molecule has 1 atom stereocenters. The van der Waals surface area contributed by atoms with Crippen LogP contribution in [0.2, 0.25) is 5.02 Å². The number of piperazine rings is 1. The molecule has 0 saturated carbocycles. The van der Waals surface area contributed by atoms with Gasteiger partial charge in [-0.05, 0) is 25.1 Å². The van der Waals surface area contributed by atoms with E-state index in [-0.39, 0.29) is 5.91 Å². The maximum atomic E-state index is 12.0. The highest BCUT2D eigenvalue weighted by Gasteiger charge is 2.18. The molecule has 0 radical (unpaired) electrons. The van der Waals surface area contributed by atoms with Crippen LogP contribution in [-0.2, 0) is 4.79 Å². The summed E-state index contributed by atoms with van der Waals surface area (Å²) in [4.78, 5) is 14.1. The third-order valence-corrected chi connectivity index (χ3v) is 3.55. The van der Waals surface area contributed by atoms with Crippen LogP contribution in [0.25, 0.3) is 0 Å². The SMILES string of the molecule is COc1ccc(NC(=O)CN2CCN[C@H](C)C2)cc1Cl. The first kappa shape index (κ1) is 15.1. The van der Waals surface area contributed by atoms with Crippen molar-refractivity contribution in [1.82, 2.24) is 10.2 Å². The van der Waals surface area contributed by atoms with Crippen molar-refractivity contribution in [3.63, 3.8) is 0 Å². The molecule has 6 heteroatoms. The van der Waals surface area contributed by atoms with Gasteiger partial charge in [-0.3, -0.25) is 9.69 Å². The van der Waals surface area contributed by atoms with Crippen LogP contribution in [0.15, 0.2) is 18.2 Å². The Kier molecular flexibility index (Phi) is 5.23. The predicted octanol–water partition coefficient (Wildman–Crippen LogP) is 1.58. The molecule has 1 aliphatic rings. The minimum Gasteiger partial charge on any atom is -0.495 e. The zero-order chi connectivity index (χ0) is 14.5. The number of rotatable bonds is 4. The van der Waals surface area contributed by atoms with Crippen molar-refractivity contribution in [3.05, 3.63) is 23.2 Å². The van der Waals surface area contributed by atoms with E-state index >= 15 is 0 Å². The standard InChI is InChI=1S/C14H20ClN3O2/c1-10-8-18(6-5-16-10)9-14(19)17-11-3-4-13(20-2)12(15)7-11/h3-4,7,10,16H,5-6,8-9H2,1-2H3,(H,17,19)/t10-/m1/s1. The number of amides is 1. The van der Waals surface area contributed by atoms with Crippen LogP contribution in [0.3, 0.4) is 0 Å². The lowest BCUT2D eigenvalue weighted by Crippen LogP contribution is -2.51. The first-order valence-corrected chi connectivity index (χ1v) is 7.05. The van der Waals surface area contributed by atoms with E-state index in [4.69, 9.17) is 16.3 Å². The topological polar surface area (TPSA) is 53.6 Å². The van der Waals surface area contributed by atoms with E-state index in [0.29, 0.717) is 29.0 Å². The van der Waals surface area contributed by atoms with Crippen LogP contribution in [0.1, 0.15) is 6.92 Å². The van der Waals surface area contributed by atoms with Crippen LogP contribution in [-0.4, -0.2) is 50.1 Å². The summed E-state index contributed by atoms with van der Waals surface area (Å²) >= 11 is 6.03. The van der Waals surface area contributed by atoms with Crippen molar-refractivity contribution in [3.8, 4) is 5.75 Å². The van der Waals surface area contributed by atoms with Gasteiger partial charge in [0.2, 0.25) is 5.91 Å². The van der Waals surface area contributed by atoms with Gasteiger partial charge in [0.05, 0.1) is 18.7 Å². The van der Waals surface area contributed by atoms with Crippen molar-refractivity contribution in [2.75, 3.05) is 38.6 Å². The van der Waals surface area contributed by atoms with E-state index in [2.05, 4.69) is 22.5 Å². The first-order chi connectivity index (χ1) is 9.58. The van der Waals surface area contributed by atoms with Crippen LogP contribution < -0.4 is 15.4 Å². The number of carbonyl (C=O) groups excluding carboxylic acids is 1. The number of carbonyl (C=O) groups is 1. The average Bonchev–Trinajstić information content (AvgIpc) is 2.38. The maximum Gasteiger partial charge on any atom is 0.238 e.